The van der Waals surface area contributed by atoms with Crippen LogP contribution in [0.1, 0.15) is 0 Å². The lowest BCUT2D eigenvalue weighted by Crippen LogP contribution is -2.79. The third-order valence-electron chi connectivity index (χ3n) is 5.33. The smallest absolute Gasteiger partial charge is 0.203 e. The summed E-state index contributed by atoms with van der Waals surface area (Å²) in [6.45, 7) is 0. The predicted octanol–water partition coefficient (Wildman–Crippen LogP) is 9.78. The van der Waals surface area contributed by atoms with Gasteiger partial charge in [0.05, 0.1) is 0 Å². The molecule has 0 heterocycles. The van der Waals surface area contributed by atoms with E-state index in [1.807, 2.05) is 0 Å². The van der Waals surface area contributed by atoms with Crippen LogP contribution in [-0.4, -0.2) is 89.8 Å². The fourth-order valence-corrected chi connectivity index (χ4v) is 2.47. The van der Waals surface area contributed by atoms with Crippen LogP contribution in [0.15, 0.2) is 0 Å². The molecule has 0 saturated carbocycles. The Labute approximate surface area is 223 Å². The van der Waals surface area contributed by atoms with Crippen molar-refractivity contribution in [1.82, 2.24) is 0 Å². The molecule has 272 valence electrons. The van der Waals surface area contributed by atoms with Gasteiger partial charge >= 0.3 is 89.8 Å². The molecule has 0 fully saturated rings. The van der Waals surface area contributed by atoms with Gasteiger partial charge in [-0.1, -0.05) is 0 Å². The molecule has 0 unspecified atom stereocenters. The summed E-state index contributed by atoms with van der Waals surface area (Å²) in [4.78, 5) is 0. The van der Waals surface area contributed by atoms with E-state index in [4.69, 9.17) is 0 Å². The van der Waals surface area contributed by atoms with Crippen LogP contribution >= 0.6 is 0 Å². The van der Waals surface area contributed by atoms with Crippen molar-refractivity contribution in [3.63, 3.8) is 0 Å². The molecule has 0 radical (unpaired) electrons. The summed E-state index contributed by atoms with van der Waals surface area (Å²) in [6, 6.07) is 0. The molecule has 30 heteroatoms. The topological polar surface area (TPSA) is 0 Å². The molecule has 0 N–H and O–H groups in total. The van der Waals surface area contributed by atoms with Crippen molar-refractivity contribution in [2.45, 2.75) is 89.8 Å². The molecule has 0 aliphatic rings. The second-order valence-corrected chi connectivity index (χ2v) is 8.17. The summed E-state index contributed by atoms with van der Waals surface area (Å²) in [6.07, 6.45) is -12.8. The number of rotatable bonds is 14. The third kappa shape index (κ3) is 4.80. The highest BCUT2D eigenvalue weighted by molar-refractivity contribution is 5.21. The second kappa shape index (κ2) is 10.4. The molecule has 0 saturated heterocycles. The summed E-state index contributed by atoms with van der Waals surface area (Å²) in [5.41, 5.74) is 0. The highest BCUT2D eigenvalue weighted by Crippen LogP contribution is 2.68. The van der Waals surface area contributed by atoms with Gasteiger partial charge in [-0.3, -0.25) is 0 Å². The maximum atomic E-state index is 13.6. The van der Waals surface area contributed by atoms with E-state index in [2.05, 4.69) is 0 Å². The predicted molar refractivity (Wildman–Crippen MR) is 76.3 cm³/mol. The summed E-state index contributed by atoms with van der Waals surface area (Å²) in [7, 11) is 0. The number of hydrogen-bond donors (Lipinski definition) is 0. The Morgan fingerprint density at radius 3 is 0.356 bits per heavy atom. The first kappa shape index (κ1) is 42.9. The standard InChI is InChI=1S/C15H2F30/c16-1(17)3(20,21)5(24,25)7(28,29)9(32,33)11(36,37)13(40,41)15(44,45)14(42,43)12(38,39)10(34,35)8(30,31)6(26,27)4(22,23)2(18)19/h1-2H. The molecule has 45 heavy (non-hydrogen) atoms. The Hall–Kier alpha value is -2.10. The van der Waals surface area contributed by atoms with Crippen molar-refractivity contribution >= 4 is 0 Å². The lowest BCUT2D eigenvalue weighted by Gasteiger charge is -2.46. The fraction of sp³-hybridized carbons (Fsp3) is 1.00. The first-order chi connectivity index (χ1) is 18.9. The summed E-state index contributed by atoms with van der Waals surface area (Å²) < 4.78 is 393. The van der Waals surface area contributed by atoms with E-state index in [1.165, 1.54) is 0 Å². The molecular weight excluding hydrogens is 750 g/mol. The summed E-state index contributed by atoms with van der Waals surface area (Å²) in [5.74, 6) is -121. The first-order valence-corrected chi connectivity index (χ1v) is 9.36. The van der Waals surface area contributed by atoms with Gasteiger partial charge < -0.3 is 0 Å². The molecule has 0 nitrogen and oxygen atoms in total. The quantitative estimate of drug-likeness (QED) is 0.155. The van der Waals surface area contributed by atoms with E-state index >= 15 is 0 Å². The van der Waals surface area contributed by atoms with Gasteiger partial charge in [0.2, 0.25) is 0 Å². The highest BCUT2D eigenvalue weighted by Gasteiger charge is 3.00. The van der Waals surface area contributed by atoms with Crippen LogP contribution in [0.5, 0.6) is 0 Å². The SMILES string of the molecule is FC(F)C(F)(F)C(F)(F)C(F)(F)C(F)(F)C(F)(F)C(F)(F)C(F)(F)C(F)(F)C(F)(F)C(F)(F)C(F)(F)C(F)(F)C(F)(F)C(F)F. The average Bonchev–Trinajstić information content (AvgIpc) is 2.81. The van der Waals surface area contributed by atoms with Crippen molar-refractivity contribution in [3.8, 4) is 0 Å². The molecule has 0 rings (SSSR count). The molecular formula is C15H2F30. The molecule has 0 bridgehead atoms. The van der Waals surface area contributed by atoms with E-state index in [0.717, 1.165) is 0 Å². The zero-order chi connectivity index (χ0) is 37.7. The van der Waals surface area contributed by atoms with Gasteiger partial charge in [-0.15, -0.1) is 0 Å². The van der Waals surface area contributed by atoms with Crippen LogP contribution in [0.25, 0.3) is 0 Å². The molecule has 0 aliphatic heterocycles. The second-order valence-electron chi connectivity index (χ2n) is 8.17. The Morgan fingerprint density at radius 2 is 0.267 bits per heavy atom. The van der Waals surface area contributed by atoms with E-state index in [0.29, 0.717) is 0 Å². The fourth-order valence-electron chi connectivity index (χ4n) is 2.47. The zero-order valence-electron chi connectivity index (χ0n) is 19.0. The molecule has 0 aromatic heterocycles. The minimum atomic E-state index is -9.95. The van der Waals surface area contributed by atoms with Crippen molar-refractivity contribution in [2.75, 3.05) is 0 Å². The van der Waals surface area contributed by atoms with Crippen LogP contribution < -0.4 is 0 Å². The number of alkyl halides is 30. The van der Waals surface area contributed by atoms with Crippen LogP contribution in [0, 0.1) is 0 Å². The molecule has 0 amide bonds. The Balaban J connectivity index is 7.52. The molecule has 0 aromatic rings. The molecule has 0 aliphatic carbocycles. The highest BCUT2D eigenvalue weighted by atomic mass is 19.4. The number of hydrogen-bond acceptors (Lipinski definition) is 0. The van der Waals surface area contributed by atoms with E-state index < -0.39 is 89.8 Å². The largest absolute Gasteiger partial charge is 0.385 e. The van der Waals surface area contributed by atoms with Gasteiger partial charge in [0.25, 0.3) is 0 Å². The van der Waals surface area contributed by atoms with E-state index in [1.54, 1.807) is 0 Å². The maximum absolute atomic E-state index is 13.6. The molecule has 0 aromatic carbocycles. The van der Waals surface area contributed by atoms with Crippen LogP contribution in [0.2, 0.25) is 0 Å². The zero-order valence-corrected chi connectivity index (χ0v) is 19.0. The third-order valence-corrected chi connectivity index (χ3v) is 5.33. The van der Waals surface area contributed by atoms with Crippen LogP contribution in [-0.2, 0) is 0 Å². The molecule has 0 spiro atoms. The lowest BCUT2D eigenvalue weighted by atomic mass is 9.83. The minimum Gasteiger partial charge on any atom is -0.203 e. The summed E-state index contributed by atoms with van der Waals surface area (Å²) in [5, 5.41) is 0. The van der Waals surface area contributed by atoms with Crippen molar-refractivity contribution in [1.29, 1.82) is 0 Å². The molecule has 0 atom stereocenters. The van der Waals surface area contributed by atoms with Gasteiger partial charge in [-0.25, -0.2) is 17.6 Å². The Bertz CT molecular complexity index is 977. The van der Waals surface area contributed by atoms with Gasteiger partial charge in [0.1, 0.15) is 0 Å². The Kier molecular flexibility index (Phi) is 9.96. The van der Waals surface area contributed by atoms with Crippen LogP contribution in [0.3, 0.4) is 0 Å². The van der Waals surface area contributed by atoms with Gasteiger partial charge in [-0.05, 0) is 0 Å². The van der Waals surface area contributed by atoms with Gasteiger partial charge in [0.15, 0.2) is 0 Å². The minimum absolute atomic E-state index is 6.41. The van der Waals surface area contributed by atoms with Crippen LogP contribution in [0.4, 0.5) is 132 Å². The monoisotopic (exact) mass is 752 g/mol. The van der Waals surface area contributed by atoms with Gasteiger partial charge in [-0.2, -0.15) is 114 Å². The first-order valence-electron chi connectivity index (χ1n) is 9.36. The average molecular weight is 752 g/mol. The van der Waals surface area contributed by atoms with Crippen molar-refractivity contribution in [2.24, 2.45) is 0 Å². The summed E-state index contributed by atoms with van der Waals surface area (Å²) >= 11 is 0. The lowest BCUT2D eigenvalue weighted by molar-refractivity contribution is -0.484. The van der Waals surface area contributed by atoms with Crippen molar-refractivity contribution in [3.05, 3.63) is 0 Å². The van der Waals surface area contributed by atoms with Gasteiger partial charge in [0, 0.05) is 0 Å². The Morgan fingerprint density at radius 1 is 0.178 bits per heavy atom. The van der Waals surface area contributed by atoms with Crippen molar-refractivity contribution < 1.29 is 132 Å². The maximum Gasteiger partial charge on any atom is 0.385 e. The normalized spacial score (nSPS) is 17.1. The number of halogens is 30. The van der Waals surface area contributed by atoms with E-state index in [-0.39, 0.29) is 0 Å². The van der Waals surface area contributed by atoms with E-state index in [9.17, 15) is 132 Å².